The number of fused-ring (bicyclic) bond motifs is 1. The van der Waals surface area contributed by atoms with Crippen LogP contribution in [-0.4, -0.2) is 30.1 Å². The van der Waals surface area contributed by atoms with Crippen LogP contribution in [0.15, 0.2) is 46.9 Å². The van der Waals surface area contributed by atoms with E-state index in [9.17, 15) is 9.59 Å². The van der Waals surface area contributed by atoms with Crippen molar-refractivity contribution in [3.63, 3.8) is 0 Å². The zero-order valence-corrected chi connectivity index (χ0v) is 15.7. The second-order valence-corrected chi connectivity index (χ2v) is 7.35. The molecule has 0 saturated carbocycles. The zero-order valence-electron chi connectivity index (χ0n) is 14.1. The summed E-state index contributed by atoms with van der Waals surface area (Å²) in [7, 11) is 0. The number of rotatable bonds is 3. The maximum absolute atomic E-state index is 13.0. The summed E-state index contributed by atoms with van der Waals surface area (Å²) in [6.45, 7) is 2.89. The summed E-state index contributed by atoms with van der Waals surface area (Å²) in [4.78, 5) is 26.7. The third kappa shape index (κ3) is 2.82. The topological polar surface area (TPSA) is 67.9 Å². The predicted molar refractivity (Wildman–Crippen MR) is 98.0 cm³/mol. The Labute approximate surface area is 159 Å². The van der Waals surface area contributed by atoms with E-state index in [0.29, 0.717) is 30.3 Å². The van der Waals surface area contributed by atoms with E-state index in [1.165, 1.54) is 4.90 Å². The van der Waals surface area contributed by atoms with Gasteiger partial charge in [0.25, 0.3) is 5.91 Å². The van der Waals surface area contributed by atoms with Crippen molar-refractivity contribution in [1.82, 2.24) is 10.2 Å². The minimum absolute atomic E-state index is 0.220. The summed E-state index contributed by atoms with van der Waals surface area (Å²) in [6.07, 6.45) is 0. The molecule has 0 spiro atoms. The third-order valence-electron chi connectivity index (χ3n) is 4.65. The normalized spacial score (nSPS) is 21.7. The van der Waals surface area contributed by atoms with Crippen LogP contribution in [-0.2, 0) is 16.9 Å². The Morgan fingerprint density at radius 3 is 2.50 bits per heavy atom. The molecule has 0 aromatic heterocycles. The molecule has 0 radical (unpaired) electrons. The van der Waals surface area contributed by atoms with Gasteiger partial charge in [0.1, 0.15) is 18.8 Å². The smallest absolute Gasteiger partial charge is 0.325 e. The summed E-state index contributed by atoms with van der Waals surface area (Å²) in [5.41, 5.74) is 0.406. The maximum atomic E-state index is 13.0. The molecule has 1 atom stereocenters. The number of nitrogens with one attached hydrogen (secondary N) is 1. The molecule has 2 aromatic carbocycles. The van der Waals surface area contributed by atoms with Crippen LogP contribution in [0.4, 0.5) is 4.79 Å². The van der Waals surface area contributed by atoms with E-state index in [1.54, 1.807) is 25.1 Å². The standard InChI is InChI=1S/C19H17BrN2O4/c1-19(13-4-7-15-16(10-13)26-9-8-25-15)17(23)22(18(24)21-19)11-12-2-5-14(20)6-3-12/h2-7,10H,8-9,11H2,1H3,(H,21,24). The molecule has 1 N–H and O–H groups in total. The van der Waals surface area contributed by atoms with Crippen molar-refractivity contribution >= 4 is 27.9 Å². The number of carbonyl (C=O) groups excluding carboxylic acids is 2. The number of hydrogen-bond donors (Lipinski definition) is 1. The van der Waals surface area contributed by atoms with Crippen molar-refractivity contribution in [2.75, 3.05) is 13.2 Å². The van der Waals surface area contributed by atoms with Gasteiger partial charge in [-0.1, -0.05) is 34.1 Å². The first kappa shape index (κ1) is 16.9. The first-order valence-corrected chi connectivity index (χ1v) is 9.05. The van der Waals surface area contributed by atoms with Gasteiger partial charge in [-0.05, 0) is 42.3 Å². The number of urea groups is 1. The molecule has 7 heteroatoms. The largest absolute Gasteiger partial charge is 0.486 e. The van der Waals surface area contributed by atoms with E-state index >= 15 is 0 Å². The Hall–Kier alpha value is -2.54. The molecule has 2 aliphatic rings. The lowest BCUT2D eigenvalue weighted by Gasteiger charge is -2.25. The lowest BCUT2D eigenvalue weighted by Crippen LogP contribution is -2.41. The summed E-state index contributed by atoms with van der Waals surface area (Å²) in [5.74, 6) is 0.942. The number of nitrogens with zero attached hydrogens (tertiary/aromatic N) is 1. The van der Waals surface area contributed by atoms with Crippen molar-refractivity contribution in [1.29, 1.82) is 0 Å². The number of hydrogen-bond acceptors (Lipinski definition) is 4. The van der Waals surface area contributed by atoms with Gasteiger partial charge in [0.2, 0.25) is 0 Å². The first-order valence-electron chi connectivity index (χ1n) is 8.26. The summed E-state index contributed by atoms with van der Waals surface area (Å²) >= 11 is 3.38. The molecule has 0 aliphatic carbocycles. The van der Waals surface area contributed by atoms with Crippen LogP contribution in [0.2, 0.25) is 0 Å². The highest BCUT2D eigenvalue weighted by Crippen LogP contribution is 2.37. The zero-order chi connectivity index (χ0) is 18.3. The number of ether oxygens (including phenoxy) is 2. The van der Waals surface area contributed by atoms with Crippen LogP contribution in [0.1, 0.15) is 18.1 Å². The molecule has 0 bridgehead atoms. The Morgan fingerprint density at radius 1 is 1.08 bits per heavy atom. The minimum atomic E-state index is -1.14. The first-order chi connectivity index (χ1) is 12.5. The molecule has 1 fully saturated rings. The Kier molecular flexibility index (Phi) is 4.11. The molecular formula is C19H17BrN2O4. The van der Waals surface area contributed by atoms with E-state index in [0.717, 1.165) is 10.0 Å². The molecule has 2 aromatic rings. The van der Waals surface area contributed by atoms with Gasteiger partial charge in [0.15, 0.2) is 11.5 Å². The van der Waals surface area contributed by atoms with Gasteiger partial charge in [-0.3, -0.25) is 9.69 Å². The van der Waals surface area contributed by atoms with Crippen LogP contribution in [0.5, 0.6) is 11.5 Å². The van der Waals surface area contributed by atoms with Crippen LogP contribution in [0, 0.1) is 0 Å². The molecule has 1 unspecified atom stereocenters. The van der Waals surface area contributed by atoms with E-state index in [-0.39, 0.29) is 12.5 Å². The van der Waals surface area contributed by atoms with Crippen LogP contribution in [0.3, 0.4) is 0 Å². The fraction of sp³-hybridized carbons (Fsp3) is 0.263. The molecule has 2 heterocycles. The highest BCUT2D eigenvalue weighted by atomic mass is 79.9. The molecule has 2 aliphatic heterocycles. The fourth-order valence-electron chi connectivity index (χ4n) is 3.16. The fourth-order valence-corrected chi connectivity index (χ4v) is 3.43. The van der Waals surface area contributed by atoms with Gasteiger partial charge in [0, 0.05) is 4.47 Å². The van der Waals surface area contributed by atoms with Gasteiger partial charge in [0.05, 0.1) is 6.54 Å². The Morgan fingerprint density at radius 2 is 1.77 bits per heavy atom. The molecule has 6 nitrogen and oxygen atoms in total. The van der Waals surface area contributed by atoms with Gasteiger partial charge < -0.3 is 14.8 Å². The van der Waals surface area contributed by atoms with E-state index in [4.69, 9.17) is 9.47 Å². The third-order valence-corrected chi connectivity index (χ3v) is 5.18. The number of carbonyl (C=O) groups is 2. The summed E-state index contributed by atoms with van der Waals surface area (Å²) in [6, 6.07) is 12.4. The van der Waals surface area contributed by atoms with Gasteiger partial charge in [-0.15, -0.1) is 0 Å². The highest BCUT2D eigenvalue weighted by Gasteiger charge is 2.49. The van der Waals surface area contributed by atoms with Gasteiger partial charge >= 0.3 is 6.03 Å². The quantitative estimate of drug-likeness (QED) is 0.780. The molecule has 3 amide bonds. The molecular weight excluding hydrogens is 400 g/mol. The molecule has 4 rings (SSSR count). The monoisotopic (exact) mass is 416 g/mol. The van der Waals surface area contributed by atoms with Crippen molar-refractivity contribution in [3.05, 3.63) is 58.1 Å². The van der Waals surface area contributed by atoms with Crippen molar-refractivity contribution in [2.24, 2.45) is 0 Å². The number of amides is 3. The number of benzene rings is 2. The number of imide groups is 1. The number of halogens is 1. The lowest BCUT2D eigenvalue weighted by atomic mass is 9.91. The van der Waals surface area contributed by atoms with Crippen LogP contribution >= 0.6 is 15.9 Å². The molecule has 26 heavy (non-hydrogen) atoms. The highest BCUT2D eigenvalue weighted by molar-refractivity contribution is 9.10. The minimum Gasteiger partial charge on any atom is -0.486 e. The second-order valence-electron chi connectivity index (χ2n) is 6.43. The van der Waals surface area contributed by atoms with Crippen LogP contribution < -0.4 is 14.8 Å². The Balaban J connectivity index is 1.62. The predicted octanol–water partition coefficient (Wildman–Crippen LogP) is 3.19. The molecule has 134 valence electrons. The second kappa shape index (κ2) is 6.32. The van der Waals surface area contributed by atoms with Gasteiger partial charge in [-0.2, -0.15) is 0 Å². The van der Waals surface area contributed by atoms with Gasteiger partial charge in [-0.25, -0.2) is 4.79 Å². The van der Waals surface area contributed by atoms with Crippen molar-refractivity contribution in [2.45, 2.75) is 19.0 Å². The average molecular weight is 417 g/mol. The average Bonchev–Trinajstić information content (AvgIpc) is 2.87. The summed E-state index contributed by atoms with van der Waals surface area (Å²) in [5, 5.41) is 2.82. The molecule has 1 saturated heterocycles. The van der Waals surface area contributed by atoms with Crippen molar-refractivity contribution < 1.29 is 19.1 Å². The Bertz CT molecular complexity index is 884. The van der Waals surface area contributed by atoms with Crippen LogP contribution in [0.25, 0.3) is 0 Å². The van der Waals surface area contributed by atoms with E-state index in [2.05, 4.69) is 21.2 Å². The SMILES string of the molecule is CC1(c2ccc3c(c2)OCCO3)NC(=O)N(Cc2ccc(Br)cc2)C1=O. The lowest BCUT2D eigenvalue weighted by molar-refractivity contribution is -0.131. The van der Waals surface area contributed by atoms with E-state index < -0.39 is 11.6 Å². The summed E-state index contributed by atoms with van der Waals surface area (Å²) < 4.78 is 12.1. The maximum Gasteiger partial charge on any atom is 0.325 e. The van der Waals surface area contributed by atoms with E-state index in [1.807, 2.05) is 24.3 Å². The van der Waals surface area contributed by atoms with Crippen molar-refractivity contribution in [3.8, 4) is 11.5 Å².